The number of ether oxygens (including phenoxy) is 1. The number of hydrogen-bond donors (Lipinski definition) is 0. The summed E-state index contributed by atoms with van der Waals surface area (Å²) in [6.45, 7) is 15.8. The van der Waals surface area contributed by atoms with Crippen LogP contribution in [-0.4, -0.2) is 19.3 Å². The molecule has 0 spiro atoms. The van der Waals surface area contributed by atoms with Crippen molar-refractivity contribution in [1.82, 2.24) is 19.3 Å². The fourth-order valence-electron chi connectivity index (χ4n) is 7.94. The van der Waals surface area contributed by atoms with Crippen molar-refractivity contribution in [2.75, 3.05) is 0 Å². The normalized spacial score (nSPS) is 18.3. The lowest BCUT2D eigenvalue weighted by molar-refractivity contribution is 0.389. The Hall–Kier alpha value is -4.64. The molecule has 3 aromatic carbocycles. The van der Waals surface area contributed by atoms with E-state index >= 15 is 0 Å². The summed E-state index contributed by atoms with van der Waals surface area (Å²) >= 11 is 0. The third kappa shape index (κ3) is 5.22. The molecule has 0 bridgehead atoms. The van der Waals surface area contributed by atoms with Gasteiger partial charge in [-0.3, -0.25) is 4.57 Å². The summed E-state index contributed by atoms with van der Waals surface area (Å²) in [6, 6.07) is 25.5. The molecule has 5 nitrogen and oxygen atoms in total. The van der Waals surface area contributed by atoms with Crippen LogP contribution in [0.5, 0.6) is 11.5 Å². The molecule has 1 aliphatic carbocycles. The molecule has 0 amide bonds. The Morgan fingerprint density at radius 3 is 2.37 bits per heavy atom. The van der Waals surface area contributed by atoms with Crippen LogP contribution in [0.25, 0.3) is 33.3 Å². The Morgan fingerprint density at radius 1 is 0.804 bits per heavy atom. The topological polar surface area (TPSA) is 44.9 Å². The van der Waals surface area contributed by atoms with E-state index in [1.807, 2.05) is 12.3 Å². The lowest BCUT2D eigenvalue weighted by Gasteiger charge is -2.33. The minimum Gasteiger partial charge on any atom is -0.457 e. The van der Waals surface area contributed by atoms with Gasteiger partial charge in [-0.2, -0.15) is 5.10 Å². The maximum Gasteiger partial charge on any atom is 0.137 e. The molecule has 46 heavy (non-hydrogen) atoms. The van der Waals surface area contributed by atoms with E-state index in [9.17, 15) is 0 Å². The van der Waals surface area contributed by atoms with E-state index in [0.29, 0.717) is 17.8 Å². The number of benzene rings is 3. The summed E-state index contributed by atoms with van der Waals surface area (Å²) in [5.41, 5.74) is 11.0. The zero-order chi connectivity index (χ0) is 32.1. The van der Waals surface area contributed by atoms with E-state index in [1.54, 1.807) is 0 Å². The van der Waals surface area contributed by atoms with Crippen LogP contribution in [-0.2, 0) is 12.8 Å². The molecule has 0 N–H and O–H groups in total. The molecule has 1 aliphatic rings. The molecule has 234 valence electrons. The molecule has 3 atom stereocenters. The standard InChI is InChI=1S/C41H44N4O/c1-8-35-41(40-28(6)18-26(4)19-29(40)7)36(9-2)45(43-35)30-20-27(5)21-32(23-30)46-31-14-15-34-33-12-10-11-13-37(33)44(38(34)24-31)39-22-25(3)16-17-42-39/h10-18,20-24,26,29,40H,8-9,19H2,1-7H3/t26?,29-,40+/m0/s1. The number of nitrogens with zero attached hydrogens (tertiary/aromatic N) is 4. The highest BCUT2D eigenvalue weighted by Gasteiger charge is 2.32. The first kappa shape index (κ1) is 30.0. The maximum atomic E-state index is 6.66. The monoisotopic (exact) mass is 608 g/mol. The molecular weight excluding hydrogens is 564 g/mol. The summed E-state index contributed by atoms with van der Waals surface area (Å²) in [4.78, 5) is 4.74. The third-order valence-corrected chi connectivity index (χ3v) is 9.72. The first-order valence-electron chi connectivity index (χ1n) is 16.8. The molecule has 0 saturated heterocycles. The van der Waals surface area contributed by atoms with E-state index in [1.165, 1.54) is 45.3 Å². The van der Waals surface area contributed by atoms with Crippen molar-refractivity contribution in [3.63, 3.8) is 0 Å². The van der Waals surface area contributed by atoms with Gasteiger partial charge in [0.2, 0.25) is 0 Å². The summed E-state index contributed by atoms with van der Waals surface area (Å²) in [7, 11) is 0. The first-order chi connectivity index (χ1) is 22.2. The van der Waals surface area contributed by atoms with E-state index in [2.05, 4.69) is 131 Å². The van der Waals surface area contributed by atoms with Crippen molar-refractivity contribution in [2.45, 2.75) is 73.6 Å². The number of rotatable bonds is 7. The Bertz CT molecular complexity index is 2110. The fraction of sp³-hybridized carbons (Fsp3) is 0.317. The van der Waals surface area contributed by atoms with Crippen LogP contribution in [0.2, 0.25) is 0 Å². The zero-order valence-electron chi connectivity index (χ0n) is 28.1. The Balaban J connectivity index is 1.31. The third-order valence-electron chi connectivity index (χ3n) is 9.72. The average Bonchev–Trinajstić information content (AvgIpc) is 3.55. The fourth-order valence-corrected chi connectivity index (χ4v) is 7.94. The minimum atomic E-state index is 0.414. The van der Waals surface area contributed by atoms with Gasteiger partial charge in [0.05, 0.1) is 22.4 Å². The van der Waals surface area contributed by atoms with Gasteiger partial charge >= 0.3 is 0 Å². The van der Waals surface area contributed by atoms with Gasteiger partial charge in [-0.15, -0.1) is 0 Å². The molecular formula is C41H44N4O. The Morgan fingerprint density at radius 2 is 1.61 bits per heavy atom. The summed E-state index contributed by atoms with van der Waals surface area (Å²) in [6.07, 6.45) is 7.41. The molecule has 3 aromatic heterocycles. The van der Waals surface area contributed by atoms with Crippen molar-refractivity contribution in [3.05, 3.63) is 119 Å². The van der Waals surface area contributed by atoms with Crippen LogP contribution in [0.1, 0.15) is 75.0 Å². The van der Waals surface area contributed by atoms with Gasteiger partial charge in [0.15, 0.2) is 0 Å². The van der Waals surface area contributed by atoms with Crippen molar-refractivity contribution in [1.29, 1.82) is 0 Å². The summed E-state index contributed by atoms with van der Waals surface area (Å²) < 4.78 is 11.1. The Kier molecular flexibility index (Phi) is 7.80. The van der Waals surface area contributed by atoms with Crippen LogP contribution in [0, 0.1) is 25.7 Å². The molecule has 0 fully saturated rings. The van der Waals surface area contributed by atoms with Crippen molar-refractivity contribution < 1.29 is 4.74 Å². The van der Waals surface area contributed by atoms with E-state index in [4.69, 9.17) is 14.8 Å². The lowest BCUT2D eigenvalue weighted by Crippen LogP contribution is -2.21. The Labute approximate surface area is 272 Å². The van der Waals surface area contributed by atoms with Crippen LogP contribution in [0.3, 0.4) is 0 Å². The second kappa shape index (κ2) is 11.9. The highest BCUT2D eigenvalue weighted by Crippen LogP contribution is 2.44. The van der Waals surface area contributed by atoms with E-state index in [0.717, 1.165) is 52.4 Å². The second-order valence-corrected chi connectivity index (χ2v) is 13.3. The van der Waals surface area contributed by atoms with Crippen molar-refractivity contribution in [3.8, 4) is 23.0 Å². The summed E-state index contributed by atoms with van der Waals surface area (Å²) in [5.74, 6) is 4.13. The van der Waals surface area contributed by atoms with E-state index < -0.39 is 0 Å². The molecule has 3 heterocycles. The van der Waals surface area contributed by atoms with Crippen LogP contribution in [0.15, 0.2) is 90.6 Å². The molecule has 7 rings (SSSR count). The maximum absolute atomic E-state index is 6.66. The van der Waals surface area contributed by atoms with Crippen molar-refractivity contribution >= 4 is 21.8 Å². The molecule has 6 aromatic rings. The van der Waals surface area contributed by atoms with Gasteiger partial charge in [-0.25, -0.2) is 9.67 Å². The highest BCUT2D eigenvalue weighted by molar-refractivity contribution is 6.09. The van der Waals surface area contributed by atoms with Gasteiger partial charge in [0.1, 0.15) is 17.3 Å². The predicted molar refractivity (Wildman–Crippen MR) is 190 cm³/mol. The number of allylic oxidation sites excluding steroid dienone is 2. The molecule has 0 radical (unpaired) electrons. The number of aromatic nitrogens is 4. The SMILES string of the molecule is CCc1nn(-c2cc(C)cc(Oc3ccc4c5ccccc5n(-c5cc(C)ccn5)c4c3)c2)c(CC)c1[C@@H]1C(C)=CC(C)C[C@@H]1C. The van der Waals surface area contributed by atoms with E-state index in [-0.39, 0.29) is 0 Å². The van der Waals surface area contributed by atoms with Crippen molar-refractivity contribution in [2.24, 2.45) is 11.8 Å². The number of aryl methyl sites for hydroxylation is 3. The van der Waals surface area contributed by atoms with Gasteiger partial charge in [-0.05, 0) is 105 Å². The first-order valence-corrected chi connectivity index (χ1v) is 16.8. The van der Waals surface area contributed by atoms with Crippen LogP contribution < -0.4 is 4.74 Å². The molecule has 0 saturated carbocycles. The number of para-hydroxylation sites is 1. The number of fused-ring (bicyclic) bond motifs is 3. The predicted octanol–water partition coefficient (Wildman–Crippen LogP) is 10.6. The lowest BCUT2D eigenvalue weighted by atomic mass is 9.72. The van der Waals surface area contributed by atoms with Crippen LogP contribution >= 0.6 is 0 Å². The summed E-state index contributed by atoms with van der Waals surface area (Å²) in [5, 5.41) is 7.64. The highest BCUT2D eigenvalue weighted by atomic mass is 16.5. The van der Waals surface area contributed by atoms with Crippen LogP contribution in [0.4, 0.5) is 0 Å². The van der Waals surface area contributed by atoms with Gasteiger partial charge < -0.3 is 4.74 Å². The molecule has 0 aliphatic heterocycles. The van der Waals surface area contributed by atoms with Gasteiger partial charge in [-0.1, -0.05) is 57.5 Å². The zero-order valence-corrected chi connectivity index (χ0v) is 28.1. The second-order valence-electron chi connectivity index (χ2n) is 13.3. The average molecular weight is 609 g/mol. The number of hydrogen-bond acceptors (Lipinski definition) is 3. The molecule has 1 unspecified atom stereocenters. The quantitative estimate of drug-likeness (QED) is 0.169. The largest absolute Gasteiger partial charge is 0.457 e. The molecule has 5 heteroatoms. The minimum absolute atomic E-state index is 0.414. The van der Waals surface area contributed by atoms with Gasteiger partial charge in [0.25, 0.3) is 0 Å². The number of pyridine rings is 1. The van der Waals surface area contributed by atoms with Gasteiger partial charge in [0, 0.05) is 46.3 Å². The smallest absolute Gasteiger partial charge is 0.137 e.